The van der Waals surface area contributed by atoms with Crippen LogP contribution in [-0.2, 0) is 28.8 Å². The second kappa shape index (κ2) is 13.3. The zero-order chi connectivity index (χ0) is 33.2. The number of aromatic hydroxyl groups is 1. The van der Waals surface area contributed by atoms with Gasteiger partial charge in [-0.25, -0.2) is 9.59 Å². The number of urea groups is 1. The lowest BCUT2D eigenvalue weighted by Gasteiger charge is -2.56. The summed E-state index contributed by atoms with van der Waals surface area (Å²) in [7, 11) is 0. The van der Waals surface area contributed by atoms with Gasteiger partial charge in [-0.05, 0) is 30.2 Å². The van der Waals surface area contributed by atoms with Crippen LogP contribution in [0.5, 0.6) is 5.75 Å². The van der Waals surface area contributed by atoms with E-state index in [1.165, 1.54) is 57.8 Å². The summed E-state index contributed by atoms with van der Waals surface area (Å²) in [5, 5.41) is 33.6. The standard InChI is InChI=1S/C26H26N8O9S3/c1-2-32-7-8-33(20(39)19(32)38)24(43)29-16(13-3-5-15(36)6-4-13)18(37)30-26(27-11-35)22(42)34-17(21(40)41)14(9-44-23(26)34)10-45-25-31-28-12-46-25/h3-6,11-12,16,23,36H,2,7-10H2,1H3,(H,27,35)(H,29,43)(H,30,37)(H,40,41)/t16?,23-,26+/m0/s1. The highest BCUT2D eigenvalue weighted by Crippen LogP contribution is 2.46. The van der Waals surface area contributed by atoms with Gasteiger partial charge in [0, 0.05) is 31.1 Å². The van der Waals surface area contributed by atoms with E-state index >= 15 is 0 Å². The maximum absolute atomic E-state index is 13.9. The average Bonchev–Trinajstić information content (AvgIpc) is 3.57. The zero-order valence-electron chi connectivity index (χ0n) is 23.9. The van der Waals surface area contributed by atoms with Gasteiger partial charge in [0.05, 0.1) is 0 Å². The summed E-state index contributed by atoms with van der Waals surface area (Å²) in [6.07, 6.45) is 0.187. The Kier molecular flexibility index (Phi) is 9.49. The van der Waals surface area contributed by atoms with Gasteiger partial charge in [-0.15, -0.1) is 22.0 Å². The van der Waals surface area contributed by atoms with Crippen LogP contribution in [0.1, 0.15) is 18.5 Å². The smallest absolute Gasteiger partial charge is 0.352 e. The van der Waals surface area contributed by atoms with Crippen LogP contribution >= 0.6 is 34.9 Å². The Bertz CT molecular complexity index is 1620. The number of nitrogens with one attached hydrogen (secondary N) is 3. The lowest BCUT2D eigenvalue weighted by molar-refractivity contribution is -0.163. The Morgan fingerprint density at radius 3 is 2.54 bits per heavy atom. The van der Waals surface area contributed by atoms with Crippen molar-refractivity contribution in [1.82, 2.24) is 40.8 Å². The Labute approximate surface area is 272 Å². The van der Waals surface area contributed by atoms with Gasteiger partial charge in [-0.1, -0.05) is 35.2 Å². The van der Waals surface area contributed by atoms with Crippen LogP contribution in [0.25, 0.3) is 0 Å². The summed E-state index contributed by atoms with van der Waals surface area (Å²) >= 11 is 3.62. The molecular weight excluding hydrogens is 665 g/mol. The second-order valence-electron chi connectivity index (χ2n) is 9.96. The second-order valence-corrected chi connectivity index (χ2v) is 13.1. The Balaban J connectivity index is 1.40. The molecule has 1 aromatic heterocycles. The number of nitrogens with zero attached hydrogens (tertiary/aromatic N) is 5. The first-order valence-corrected chi connectivity index (χ1v) is 16.5. The monoisotopic (exact) mass is 690 g/mol. The molecule has 3 atom stereocenters. The van der Waals surface area contributed by atoms with Crippen molar-refractivity contribution >= 4 is 76.9 Å². The molecule has 5 N–H and O–H groups in total. The lowest BCUT2D eigenvalue weighted by atomic mass is 9.94. The third-order valence-electron chi connectivity index (χ3n) is 7.36. The molecule has 46 heavy (non-hydrogen) atoms. The molecule has 3 aliphatic rings. The fraction of sp³-hybridized carbons (Fsp3) is 0.346. The molecule has 3 aliphatic heterocycles. The number of phenolic OH excluding ortho intramolecular Hbond substituents is 1. The third-order valence-corrected chi connectivity index (χ3v) is 10.7. The van der Waals surface area contributed by atoms with E-state index in [0.29, 0.717) is 14.8 Å². The molecule has 7 amide bonds. The number of β-lactam (4-membered cyclic amide) rings is 1. The van der Waals surface area contributed by atoms with Gasteiger partial charge in [0.1, 0.15) is 28.4 Å². The molecule has 5 rings (SSSR count). The number of rotatable bonds is 11. The van der Waals surface area contributed by atoms with Crippen LogP contribution in [-0.4, -0.2) is 119 Å². The van der Waals surface area contributed by atoms with Crippen LogP contribution in [0.4, 0.5) is 4.79 Å². The molecule has 0 saturated carbocycles. The molecule has 1 unspecified atom stereocenters. The molecule has 0 radical (unpaired) electrons. The molecule has 2 saturated heterocycles. The van der Waals surface area contributed by atoms with Crippen molar-refractivity contribution in [3.05, 3.63) is 46.6 Å². The number of hydrogen-bond donors (Lipinski definition) is 5. The SMILES string of the molecule is CCN1CCN(C(=O)NC(C(=O)N[C@]2(NC=O)C(=O)N3C(C(=O)O)=C(CSc4nncs4)CS[C@H]32)c2ccc(O)cc2)C(=O)C1=O. The van der Waals surface area contributed by atoms with Crippen molar-refractivity contribution < 1.29 is 43.8 Å². The first-order chi connectivity index (χ1) is 22.0. The highest BCUT2D eigenvalue weighted by Gasteiger charge is 2.66. The molecular formula is C26H26N8O9S3. The van der Waals surface area contributed by atoms with Gasteiger partial charge in [0.25, 0.3) is 5.91 Å². The van der Waals surface area contributed by atoms with E-state index < -0.39 is 52.7 Å². The van der Waals surface area contributed by atoms with E-state index in [1.807, 2.05) is 0 Å². The number of carbonyl (C=O) groups excluding carboxylic acids is 6. The van der Waals surface area contributed by atoms with Crippen LogP contribution < -0.4 is 16.0 Å². The number of aromatic nitrogens is 2. The number of amides is 7. The Morgan fingerprint density at radius 1 is 1.17 bits per heavy atom. The number of hydrogen-bond acceptors (Lipinski definition) is 13. The molecule has 2 fully saturated rings. The number of thioether (sulfide) groups is 2. The normalized spacial score (nSPS) is 21.7. The van der Waals surface area contributed by atoms with E-state index in [-0.39, 0.29) is 54.6 Å². The van der Waals surface area contributed by atoms with E-state index in [9.17, 15) is 43.8 Å². The van der Waals surface area contributed by atoms with Crippen molar-refractivity contribution in [3.8, 4) is 5.75 Å². The number of carbonyl (C=O) groups is 7. The fourth-order valence-corrected chi connectivity index (χ4v) is 8.14. The van der Waals surface area contributed by atoms with Gasteiger partial charge in [0.15, 0.2) is 4.34 Å². The minimum absolute atomic E-state index is 0.0841. The number of carboxylic acids is 1. The minimum Gasteiger partial charge on any atom is -0.508 e. The summed E-state index contributed by atoms with van der Waals surface area (Å²) in [5.74, 6) is -5.12. The number of imide groups is 1. The number of carboxylic acid groups (broad SMARTS) is 1. The number of aliphatic carboxylic acids is 1. The van der Waals surface area contributed by atoms with Gasteiger partial charge < -0.3 is 31.1 Å². The van der Waals surface area contributed by atoms with E-state index in [0.717, 1.165) is 16.7 Å². The van der Waals surface area contributed by atoms with Crippen LogP contribution in [0.2, 0.25) is 0 Å². The fourth-order valence-electron chi connectivity index (χ4n) is 5.09. The van der Waals surface area contributed by atoms with Gasteiger partial charge >= 0.3 is 23.8 Å². The lowest BCUT2D eigenvalue weighted by Crippen LogP contribution is -2.85. The van der Waals surface area contributed by atoms with Crippen LogP contribution in [0.3, 0.4) is 0 Å². The highest BCUT2D eigenvalue weighted by molar-refractivity contribution is 8.01. The number of fused-ring (bicyclic) bond motifs is 1. The van der Waals surface area contributed by atoms with Crippen molar-refractivity contribution in [3.63, 3.8) is 0 Å². The molecule has 4 heterocycles. The summed E-state index contributed by atoms with van der Waals surface area (Å²) in [4.78, 5) is 92.8. The summed E-state index contributed by atoms with van der Waals surface area (Å²) < 4.78 is 0.601. The predicted octanol–water partition coefficient (Wildman–Crippen LogP) is -0.710. The molecule has 20 heteroatoms. The molecule has 242 valence electrons. The van der Waals surface area contributed by atoms with Crippen molar-refractivity contribution in [2.24, 2.45) is 0 Å². The topological polar surface area (TPSA) is 232 Å². The molecule has 0 spiro atoms. The largest absolute Gasteiger partial charge is 0.508 e. The van der Waals surface area contributed by atoms with E-state index in [4.69, 9.17) is 0 Å². The quantitative estimate of drug-likeness (QED) is 0.0646. The first kappa shape index (κ1) is 32.7. The summed E-state index contributed by atoms with van der Waals surface area (Å²) in [6, 6.07) is 2.47. The maximum atomic E-state index is 13.9. The molecule has 2 aromatic rings. The number of piperazine rings is 1. The van der Waals surface area contributed by atoms with Gasteiger partial charge in [-0.2, -0.15) is 0 Å². The predicted molar refractivity (Wildman–Crippen MR) is 162 cm³/mol. The van der Waals surface area contributed by atoms with Crippen LogP contribution in [0.15, 0.2) is 45.4 Å². The number of benzene rings is 1. The van der Waals surface area contributed by atoms with E-state index in [1.54, 1.807) is 6.92 Å². The molecule has 1 aromatic carbocycles. The highest BCUT2D eigenvalue weighted by atomic mass is 32.2. The molecule has 17 nitrogen and oxygen atoms in total. The maximum Gasteiger partial charge on any atom is 0.352 e. The summed E-state index contributed by atoms with van der Waals surface area (Å²) in [5.41, 5.74) is -0.316. The number of phenols is 1. The van der Waals surface area contributed by atoms with Crippen LogP contribution in [0, 0.1) is 0 Å². The van der Waals surface area contributed by atoms with Crippen molar-refractivity contribution in [2.75, 3.05) is 31.1 Å². The van der Waals surface area contributed by atoms with E-state index in [2.05, 4.69) is 26.1 Å². The zero-order valence-corrected chi connectivity index (χ0v) is 26.3. The molecule has 0 bridgehead atoms. The average molecular weight is 691 g/mol. The van der Waals surface area contributed by atoms with Crippen molar-refractivity contribution in [1.29, 1.82) is 0 Å². The Hall–Kier alpha value is -4.69. The third kappa shape index (κ3) is 5.97. The summed E-state index contributed by atoms with van der Waals surface area (Å²) in [6.45, 7) is 1.89. The number of likely N-dealkylation sites (N-methyl/N-ethyl adjacent to an activating group) is 1. The first-order valence-electron chi connectivity index (χ1n) is 13.6. The van der Waals surface area contributed by atoms with Crippen molar-refractivity contribution in [2.45, 2.75) is 28.3 Å². The Morgan fingerprint density at radius 2 is 1.91 bits per heavy atom. The van der Waals surface area contributed by atoms with Gasteiger partial charge in [0.2, 0.25) is 18.0 Å². The minimum atomic E-state index is -2.10. The molecule has 0 aliphatic carbocycles. The van der Waals surface area contributed by atoms with Gasteiger partial charge in [-0.3, -0.25) is 33.8 Å².